The van der Waals surface area contributed by atoms with Crippen molar-refractivity contribution < 1.29 is 34.3 Å². The van der Waals surface area contributed by atoms with Crippen LogP contribution in [-0.4, -0.2) is 68.2 Å². The minimum Gasteiger partial charge on any atom is -0.491 e. The predicted molar refractivity (Wildman–Crippen MR) is 83.3 cm³/mol. The second kappa shape index (κ2) is 13.2. The minimum absolute atomic E-state index is 0.00508. The fourth-order valence-electron chi connectivity index (χ4n) is 1.85. The van der Waals surface area contributed by atoms with E-state index in [1.165, 1.54) is 0 Å². The van der Waals surface area contributed by atoms with Gasteiger partial charge >= 0.3 is 0 Å². The maximum atomic E-state index is 8.79. The van der Waals surface area contributed by atoms with Gasteiger partial charge < -0.3 is 34.3 Å². The van der Waals surface area contributed by atoms with Crippen molar-refractivity contribution in [3.63, 3.8) is 0 Å². The number of rotatable bonds is 14. The SMILES string of the molecule is OCCOCCOc1ccc(COCCO)c(COCCO)c1. The standard InChI is InChI=1S/C16H26O7/c17-3-6-20-9-10-23-16-2-1-14(12-21-7-4-18)15(11-16)13-22-8-5-19/h1-2,11,17-19H,3-10,12-13H2. The molecule has 0 atom stereocenters. The largest absolute Gasteiger partial charge is 0.491 e. The van der Waals surface area contributed by atoms with E-state index in [1.807, 2.05) is 18.2 Å². The van der Waals surface area contributed by atoms with Gasteiger partial charge in [0.1, 0.15) is 12.4 Å². The van der Waals surface area contributed by atoms with Crippen LogP contribution in [0.25, 0.3) is 0 Å². The van der Waals surface area contributed by atoms with Gasteiger partial charge in [-0.15, -0.1) is 0 Å². The lowest BCUT2D eigenvalue weighted by atomic mass is 10.1. The third kappa shape index (κ3) is 8.85. The van der Waals surface area contributed by atoms with Gasteiger partial charge in [-0.05, 0) is 23.3 Å². The van der Waals surface area contributed by atoms with Gasteiger partial charge in [-0.3, -0.25) is 0 Å². The Labute approximate surface area is 136 Å². The molecule has 1 rings (SSSR count). The average molecular weight is 330 g/mol. The monoisotopic (exact) mass is 330 g/mol. The van der Waals surface area contributed by atoms with Crippen molar-refractivity contribution in [2.75, 3.05) is 52.9 Å². The lowest BCUT2D eigenvalue weighted by Crippen LogP contribution is -2.10. The van der Waals surface area contributed by atoms with Crippen molar-refractivity contribution in [2.24, 2.45) is 0 Å². The third-order valence-electron chi connectivity index (χ3n) is 2.90. The Balaban J connectivity index is 2.56. The molecule has 132 valence electrons. The summed E-state index contributed by atoms with van der Waals surface area (Å²) in [5, 5.41) is 26.2. The first kappa shape index (κ1) is 19.8. The molecule has 0 radical (unpaired) electrons. The third-order valence-corrected chi connectivity index (χ3v) is 2.90. The second-order valence-corrected chi connectivity index (χ2v) is 4.67. The molecule has 0 aliphatic carbocycles. The summed E-state index contributed by atoms with van der Waals surface area (Å²) in [5.41, 5.74) is 1.85. The normalized spacial score (nSPS) is 10.9. The van der Waals surface area contributed by atoms with Gasteiger partial charge in [-0.2, -0.15) is 0 Å². The Morgan fingerprint density at radius 3 is 1.91 bits per heavy atom. The Kier molecular flexibility index (Phi) is 11.4. The summed E-state index contributed by atoms with van der Waals surface area (Å²) in [4.78, 5) is 0. The van der Waals surface area contributed by atoms with Crippen LogP contribution in [0, 0.1) is 0 Å². The van der Waals surface area contributed by atoms with Gasteiger partial charge in [0.2, 0.25) is 0 Å². The molecule has 7 heteroatoms. The molecule has 0 bridgehead atoms. The first-order valence-electron chi connectivity index (χ1n) is 7.62. The van der Waals surface area contributed by atoms with Crippen LogP contribution in [-0.2, 0) is 27.4 Å². The molecule has 1 aromatic rings. The van der Waals surface area contributed by atoms with Crippen molar-refractivity contribution in [1.82, 2.24) is 0 Å². The van der Waals surface area contributed by atoms with Gasteiger partial charge in [-0.25, -0.2) is 0 Å². The Morgan fingerprint density at radius 1 is 0.652 bits per heavy atom. The first-order valence-corrected chi connectivity index (χ1v) is 7.62. The van der Waals surface area contributed by atoms with E-state index < -0.39 is 0 Å². The molecule has 0 aliphatic heterocycles. The number of benzene rings is 1. The average Bonchev–Trinajstić information content (AvgIpc) is 2.57. The minimum atomic E-state index is -0.0330. The highest BCUT2D eigenvalue weighted by Gasteiger charge is 2.06. The molecular formula is C16H26O7. The molecule has 23 heavy (non-hydrogen) atoms. The molecule has 0 aliphatic rings. The Morgan fingerprint density at radius 2 is 1.26 bits per heavy atom. The van der Waals surface area contributed by atoms with E-state index in [0.717, 1.165) is 11.1 Å². The number of hydrogen-bond donors (Lipinski definition) is 3. The molecule has 1 aromatic carbocycles. The molecule has 0 amide bonds. The zero-order valence-corrected chi connectivity index (χ0v) is 13.3. The van der Waals surface area contributed by atoms with Crippen LogP contribution in [0.5, 0.6) is 5.75 Å². The molecule has 7 nitrogen and oxygen atoms in total. The van der Waals surface area contributed by atoms with Crippen LogP contribution < -0.4 is 4.74 Å². The predicted octanol–water partition coefficient (Wildman–Crippen LogP) is 0.0921. The molecule has 0 saturated carbocycles. The second-order valence-electron chi connectivity index (χ2n) is 4.67. The molecule has 0 unspecified atom stereocenters. The zero-order valence-electron chi connectivity index (χ0n) is 13.3. The van der Waals surface area contributed by atoms with E-state index in [9.17, 15) is 0 Å². The van der Waals surface area contributed by atoms with Gasteiger partial charge in [0.15, 0.2) is 0 Å². The molecule has 0 aromatic heterocycles. The van der Waals surface area contributed by atoms with Crippen LogP contribution in [0.1, 0.15) is 11.1 Å². The van der Waals surface area contributed by atoms with E-state index >= 15 is 0 Å². The summed E-state index contributed by atoms with van der Waals surface area (Å²) in [6, 6.07) is 5.58. The first-order chi connectivity index (χ1) is 11.3. The molecule has 0 fully saturated rings. The van der Waals surface area contributed by atoms with Crippen molar-refractivity contribution in [2.45, 2.75) is 13.2 Å². The summed E-state index contributed by atoms with van der Waals surface area (Å²) in [6.45, 7) is 2.28. The van der Waals surface area contributed by atoms with Crippen molar-refractivity contribution in [1.29, 1.82) is 0 Å². The van der Waals surface area contributed by atoms with E-state index in [0.29, 0.717) is 38.8 Å². The van der Waals surface area contributed by atoms with E-state index in [1.54, 1.807) is 0 Å². The lowest BCUT2D eigenvalue weighted by Gasteiger charge is -2.13. The van der Waals surface area contributed by atoms with Crippen molar-refractivity contribution in [3.05, 3.63) is 29.3 Å². The zero-order chi connectivity index (χ0) is 16.8. The fourth-order valence-corrected chi connectivity index (χ4v) is 1.85. The van der Waals surface area contributed by atoms with E-state index in [4.69, 9.17) is 34.3 Å². The van der Waals surface area contributed by atoms with Crippen LogP contribution >= 0.6 is 0 Å². The Bertz CT molecular complexity index is 411. The maximum Gasteiger partial charge on any atom is 0.119 e. The topological polar surface area (TPSA) is 97.6 Å². The lowest BCUT2D eigenvalue weighted by molar-refractivity contribution is 0.0685. The maximum absolute atomic E-state index is 8.79. The highest BCUT2D eigenvalue weighted by atomic mass is 16.5. The number of aliphatic hydroxyl groups is 3. The van der Waals surface area contributed by atoms with Gasteiger partial charge in [0.05, 0.1) is 59.5 Å². The number of aliphatic hydroxyl groups excluding tert-OH is 3. The smallest absolute Gasteiger partial charge is 0.119 e. The number of hydrogen-bond acceptors (Lipinski definition) is 7. The van der Waals surface area contributed by atoms with Gasteiger partial charge in [-0.1, -0.05) is 6.07 Å². The van der Waals surface area contributed by atoms with Gasteiger partial charge in [0, 0.05) is 0 Å². The van der Waals surface area contributed by atoms with Crippen LogP contribution in [0.2, 0.25) is 0 Å². The highest BCUT2D eigenvalue weighted by Crippen LogP contribution is 2.20. The molecule has 3 N–H and O–H groups in total. The molecule has 0 spiro atoms. The molecule has 0 heterocycles. The summed E-state index contributed by atoms with van der Waals surface area (Å²) >= 11 is 0. The summed E-state index contributed by atoms with van der Waals surface area (Å²) < 4.78 is 21.4. The highest BCUT2D eigenvalue weighted by molar-refractivity contribution is 5.35. The molecular weight excluding hydrogens is 304 g/mol. The fraction of sp³-hybridized carbons (Fsp3) is 0.625. The van der Waals surface area contributed by atoms with Crippen molar-refractivity contribution >= 4 is 0 Å². The van der Waals surface area contributed by atoms with E-state index in [2.05, 4.69) is 0 Å². The van der Waals surface area contributed by atoms with Crippen LogP contribution in [0.3, 0.4) is 0 Å². The quantitative estimate of drug-likeness (QED) is 0.416. The summed E-state index contributed by atoms with van der Waals surface area (Å²) in [6.07, 6.45) is 0. The van der Waals surface area contributed by atoms with Crippen LogP contribution in [0.15, 0.2) is 18.2 Å². The summed E-state index contributed by atoms with van der Waals surface area (Å²) in [5.74, 6) is 0.686. The van der Waals surface area contributed by atoms with Crippen molar-refractivity contribution in [3.8, 4) is 5.75 Å². The summed E-state index contributed by atoms with van der Waals surface area (Å²) in [7, 11) is 0. The van der Waals surface area contributed by atoms with Gasteiger partial charge in [0.25, 0.3) is 0 Å². The number of ether oxygens (including phenoxy) is 4. The van der Waals surface area contributed by atoms with Crippen LogP contribution in [0.4, 0.5) is 0 Å². The van der Waals surface area contributed by atoms with E-state index in [-0.39, 0.29) is 33.0 Å². The Hall–Kier alpha value is -1.22. The molecule has 0 saturated heterocycles.